The zero-order valence-electron chi connectivity index (χ0n) is 15.8. The summed E-state index contributed by atoms with van der Waals surface area (Å²) in [6.45, 7) is 0.0344. The molecule has 2 rings (SSSR count). The van der Waals surface area contributed by atoms with Gasteiger partial charge < -0.3 is 19.5 Å². The number of hydrogen-bond donors (Lipinski definition) is 1. The lowest BCUT2D eigenvalue weighted by molar-refractivity contribution is -0.143. The summed E-state index contributed by atoms with van der Waals surface area (Å²) in [4.78, 5) is 36.2. The Balaban J connectivity index is 1.87. The highest BCUT2D eigenvalue weighted by Gasteiger charge is 2.23. The SMILES string of the molecule is COC(=O)C(CCC(=O)c1ccccc1)NC(=O)OCc1ccc(OC)cc1. The Bertz CT molecular complexity index is 788. The molecular formula is C21H23NO6. The van der Waals surface area contributed by atoms with Gasteiger partial charge in [0.15, 0.2) is 5.78 Å². The van der Waals surface area contributed by atoms with E-state index >= 15 is 0 Å². The van der Waals surface area contributed by atoms with Crippen molar-refractivity contribution in [2.24, 2.45) is 0 Å². The molecule has 0 saturated carbocycles. The van der Waals surface area contributed by atoms with Gasteiger partial charge >= 0.3 is 12.1 Å². The predicted molar refractivity (Wildman–Crippen MR) is 102 cm³/mol. The number of ketones is 1. The van der Waals surface area contributed by atoms with Crippen LogP contribution in [0.15, 0.2) is 54.6 Å². The number of ether oxygens (including phenoxy) is 3. The molecule has 0 aliphatic rings. The highest BCUT2D eigenvalue weighted by Crippen LogP contribution is 2.12. The van der Waals surface area contributed by atoms with E-state index in [-0.39, 0.29) is 25.2 Å². The Morgan fingerprint density at radius 2 is 1.64 bits per heavy atom. The van der Waals surface area contributed by atoms with Crippen molar-refractivity contribution in [1.29, 1.82) is 0 Å². The highest BCUT2D eigenvalue weighted by atomic mass is 16.6. The van der Waals surface area contributed by atoms with Crippen LogP contribution in [0.2, 0.25) is 0 Å². The minimum atomic E-state index is -0.971. The van der Waals surface area contributed by atoms with Gasteiger partial charge in [0.1, 0.15) is 18.4 Å². The van der Waals surface area contributed by atoms with Crippen molar-refractivity contribution in [3.05, 3.63) is 65.7 Å². The topological polar surface area (TPSA) is 90.9 Å². The summed E-state index contributed by atoms with van der Waals surface area (Å²) in [5.74, 6) is -0.0628. The number of rotatable bonds is 9. The first-order valence-corrected chi connectivity index (χ1v) is 8.75. The first-order valence-electron chi connectivity index (χ1n) is 8.75. The third kappa shape index (κ3) is 6.42. The molecule has 0 aromatic heterocycles. The van der Waals surface area contributed by atoms with E-state index in [0.29, 0.717) is 11.3 Å². The first kappa shape index (κ1) is 21.0. The van der Waals surface area contributed by atoms with E-state index in [2.05, 4.69) is 5.32 Å². The lowest BCUT2D eigenvalue weighted by Crippen LogP contribution is -2.42. The van der Waals surface area contributed by atoms with E-state index in [1.165, 1.54) is 7.11 Å². The maximum absolute atomic E-state index is 12.2. The van der Waals surface area contributed by atoms with Gasteiger partial charge in [-0.3, -0.25) is 4.79 Å². The van der Waals surface area contributed by atoms with Gasteiger partial charge in [-0.15, -0.1) is 0 Å². The molecule has 7 heteroatoms. The Morgan fingerprint density at radius 1 is 0.964 bits per heavy atom. The zero-order chi connectivity index (χ0) is 20.4. The van der Waals surface area contributed by atoms with Crippen LogP contribution < -0.4 is 10.1 Å². The maximum Gasteiger partial charge on any atom is 0.408 e. The van der Waals surface area contributed by atoms with E-state index < -0.39 is 18.1 Å². The number of carbonyl (C=O) groups is 3. The van der Waals surface area contributed by atoms with Crippen molar-refractivity contribution in [3.63, 3.8) is 0 Å². The molecule has 0 heterocycles. The lowest BCUT2D eigenvalue weighted by atomic mass is 10.0. The molecule has 2 aromatic carbocycles. The number of carbonyl (C=O) groups excluding carboxylic acids is 3. The third-order valence-electron chi connectivity index (χ3n) is 4.06. The van der Waals surface area contributed by atoms with Gasteiger partial charge in [0.25, 0.3) is 0 Å². The van der Waals surface area contributed by atoms with Crippen LogP contribution in [0.3, 0.4) is 0 Å². The Hall–Kier alpha value is -3.35. The molecule has 1 atom stereocenters. The normalized spacial score (nSPS) is 11.2. The van der Waals surface area contributed by atoms with Crippen molar-refractivity contribution in [1.82, 2.24) is 5.32 Å². The van der Waals surface area contributed by atoms with Gasteiger partial charge in [0, 0.05) is 12.0 Å². The van der Waals surface area contributed by atoms with Crippen LogP contribution in [-0.4, -0.2) is 38.1 Å². The molecule has 0 spiro atoms. The number of alkyl carbamates (subject to hydrolysis) is 1. The number of Topliss-reactive ketones (excluding diaryl/α,β-unsaturated/α-hetero) is 1. The van der Waals surface area contributed by atoms with E-state index in [1.807, 2.05) is 6.07 Å². The molecule has 1 N–H and O–H groups in total. The van der Waals surface area contributed by atoms with E-state index in [4.69, 9.17) is 14.2 Å². The standard InChI is InChI=1S/C21H23NO6/c1-26-17-10-8-15(9-11-17)14-28-21(25)22-18(20(24)27-2)12-13-19(23)16-6-4-3-5-7-16/h3-11,18H,12-14H2,1-2H3,(H,22,25). The molecule has 7 nitrogen and oxygen atoms in total. The lowest BCUT2D eigenvalue weighted by Gasteiger charge is -2.16. The molecule has 28 heavy (non-hydrogen) atoms. The van der Waals surface area contributed by atoms with Gasteiger partial charge in [-0.2, -0.15) is 0 Å². The zero-order valence-corrected chi connectivity index (χ0v) is 15.8. The Morgan fingerprint density at radius 3 is 2.25 bits per heavy atom. The Labute approximate surface area is 163 Å². The first-order chi connectivity index (χ1) is 13.5. The minimum absolute atomic E-state index is 0.0344. The molecule has 0 saturated heterocycles. The van der Waals surface area contributed by atoms with Crippen LogP contribution in [0.1, 0.15) is 28.8 Å². The summed E-state index contributed by atoms with van der Waals surface area (Å²) in [7, 11) is 2.78. The number of esters is 1. The molecule has 1 amide bonds. The average molecular weight is 385 g/mol. The van der Waals surface area contributed by atoms with Crippen molar-refractivity contribution in [3.8, 4) is 5.75 Å². The fourth-order valence-electron chi connectivity index (χ4n) is 2.49. The van der Waals surface area contributed by atoms with E-state index in [0.717, 1.165) is 5.56 Å². The second-order valence-corrected chi connectivity index (χ2v) is 5.97. The monoisotopic (exact) mass is 385 g/mol. The molecule has 0 aliphatic heterocycles. The van der Waals surface area contributed by atoms with Crippen LogP contribution in [-0.2, 0) is 20.9 Å². The van der Waals surface area contributed by atoms with Crippen molar-refractivity contribution in [2.45, 2.75) is 25.5 Å². The van der Waals surface area contributed by atoms with Gasteiger partial charge in [0.05, 0.1) is 14.2 Å². The van der Waals surface area contributed by atoms with Crippen LogP contribution >= 0.6 is 0 Å². The van der Waals surface area contributed by atoms with Crippen molar-refractivity contribution < 1.29 is 28.6 Å². The summed E-state index contributed by atoms with van der Waals surface area (Å²) in [5, 5.41) is 2.45. The fraction of sp³-hybridized carbons (Fsp3) is 0.286. The number of amides is 1. The van der Waals surface area contributed by atoms with Crippen LogP contribution in [0.25, 0.3) is 0 Å². The number of methoxy groups -OCH3 is 2. The fourth-order valence-corrected chi connectivity index (χ4v) is 2.49. The van der Waals surface area contributed by atoms with Crippen LogP contribution in [0.4, 0.5) is 4.79 Å². The van der Waals surface area contributed by atoms with Gasteiger partial charge in [-0.05, 0) is 24.1 Å². The summed E-state index contributed by atoms with van der Waals surface area (Å²) in [6.07, 6.45) is -0.570. The molecule has 0 bridgehead atoms. The van der Waals surface area contributed by atoms with Crippen molar-refractivity contribution >= 4 is 17.8 Å². The number of nitrogens with one attached hydrogen (secondary N) is 1. The van der Waals surface area contributed by atoms with E-state index in [9.17, 15) is 14.4 Å². The molecule has 148 valence electrons. The second kappa shape index (κ2) is 10.7. The average Bonchev–Trinajstić information content (AvgIpc) is 2.75. The third-order valence-corrected chi connectivity index (χ3v) is 4.06. The number of benzene rings is 2. The molecule has 0 fully saturated rings. The smallest absolute Gasteiger partial charge is 0.408 e. The largest absolute Gasteiger partial charge is 0.497 e. The summed E-state index contributed by atoms with van der Waals surface area (Å²) < 4.78 is 14.9. The summed E-state index contributed by atoms with van der Waals surface area (Å²) in [5.41, 5.74) is 1.32. The predicted octanol–water partition coefficient (Wildman–Crippen LogP) is 3.13. The van der Waals surface area contributed by atoms with Crippen LogP contribution in [0.5, 0.6) is 5.75 Å². The minimum Gasteiger partial charge on any atom is -0.497 e. The second-order valence-electron chi connectivity index (χ2n) is 5.97. The van der Waals surface area contributed by atoms with Crippen LogP contribution in [0, 0.1) is 0 Å². The van der Waals surface area contributed by atoms with E-state index in [1.54, 1.807) is 55.6 Å². The summed E-state index contributed by atoms with van der Waals surface area (Å²) in [6, 6.07) is 14.8. The quantitative estimate of drug-likeness (QED) is 0.527. The van der Waals surface area contributed by atoms with Gasteiger partial charge in [-0.1, -0.05) is 42.5 Å². The molecule has 0 radical (unpaired) electrons. The number of hydrogen-bond acceptors (Lipinski definition) is 6. The molecule has 1 unspecified atom stereocenters. The van der Waals surface area contributed by atoms with Crippen molar-refractivity contribution in [2.75, 3.05) is 14.2 Å². The molecule has 2 aromatic rings. The Kier molecular flexibility index (Phi) is 8.02. The molecule has 0 aliphatic carbocycles. The highest BCUT2D eigenvalue weighted by molar-refractivity contribution is 5.96. The van der Waals surface area contributed by atoms with Gasteiger partial charge in [0.2, 0.25) is 0 Å². The van der Waals surface area contributed by atoms with Gasteiger partial charge in [-0.25, -0.2) is 9.59 Å². The molecular weight excluding hydrogens is 362 g/mol. The summed E-state index contributed by atoms with van der Waals surface area (Å²) >= 11 is 0. The maximum atomic E-state index is 12.2.